The van der Waals surface area contributed by atoms with Crippen molar-refractivity contribution in [3.05, 3.63) is 0 Å². The highest BCUT2D eigenvalue weighted by atomic mass is 16.5. The summed E-state index contributed by atoms with van der Waals surface area (Å²) in [6.07, 6.45) is 0.806. The lowest BCUT2D eigenvalue weighted by molar-refractivity contribution is -0.140. The van der Waals surface area contributed by atoms with Crippen LogP contribution in [-0.4, -0.2) is 50.6 Å². The Hall–Kier alpha value is -0.650. The van der Waals surface area contributed by atoms with Gasteiger partial charge in [-0.15, -0.1) is 0 Å². The van der Waals surface area contributed by atoms with Crippen molar-refractivity contribution >= 4 is 5.97 Å². The normalized spacial score (nSPS) is 13.0. The van der Waals surface area contributed by atoms with Gasteiger partial charge in [0.1, 0.15) is 6.04 Å². The van der Waals surface area contributed by atoms with Crippen molar-refractivity contribution in [1.29, 1.82) is 0 Å². The average Bonchev–Trinajstić information content (AvgIpc) is 2.21. The van der Waals surface area contributed by atoms with Gasteiger partial charge in [0.05, 0.1) is 13.2 Å². The van der Waals surface area contributed by atoms with E-state index < -0.39 is 12.0 Å². The van der Waals surface area contributed by atoms with Gasteiger partial charge in [-0.1, -0.05) is 13.8 Å². The van der Waals surface area contributed by atoms with E-state index in [-0.39, 0.29) is 5.92 Å². The predicted octanol–water partition coefficient (Wildman–Crippen LogP) is 0.738. The molecular weight excluding hydrogens is 210 g/mol. The van der Waals surface area contributed by atoms with Crippen molar-refractivity contribution in [3.8, 4) is 0 Å². The van der Waals surface area contributed by atoms with E-state index in [9.17, 15) is 4.79 Å². The molecule has 0 aliphatic carbocycles. The number of hydrogen-bond donors (Lipinski definition) is 2. The number of hydrogen-bond acceptors (Lipinski definition) is 4. The third-order valence-electron chi connectivity index (χ3n) is 2.19. The van der Waals surface area contributed by atoms with Gasteiger partial charge < -0.3 is 19.9 Å². The maximum atomic E-state index is 10.8. The van der Waals surface area contributed by atoms with Gasteiger partial charge in [-0.3, -0.25) is 4.79 Å². The number of carbonyl (C=O) groups is 1. The zero-order valence-electron chi connectivity index (χ0n) is 10.4. The Labute approximate surface area is 97.1 Å². The molecule has 0 bridgehead atoms. The molecule has 0 saturated carbocycles. The summed E-state index contributed by atoms with van der Waals surface area (Å²) >= 11 is 0. The summed E-state index contributed by atoms with van der Waals surface area (Å²) in [5.74, 6) is -0.706. The minimum Gasteiger partial charge on any atom is -0.480 e. The van der Waals surface area contributed by atoms with E-state index in [0.29, 0.717) is 26.4 Å². The van der Waals surface area contributed by atoms with Gasteiger partial charge in [0.2, 0.25) is 0 Å². The summed E-state index contributed by atoms with van der Waals surface area (Å²) in [5, 5.41) is 11.9. The molecule has 5 nitrogen and oxygen atoms in total. The first-order chi connectivity index (χ1) is 7.59. The first kappa shape index (κ1) is 15.3. The van der Waals surface area contributed by atoms with Gasteiger partial charge in [0.25, 0.3) is 0 Å². The van der Waals surface area contributed by atoms with E-state index in [0.717, 1.165) is 6.42 Å². The number of carboxylic acids is 1. The lowest BCUT2D eigenvalue weighted by Gasteiger charge is -2.17. The maximum absolute atomic E-state index is 10.8. The molecule has 96 valence electrons. The van der Waals surface area contributed by atoms with E-state index in [1.54, 1.807) is 7.11 Å². The third-order valence-corrected chi connectivity index (χ3v) is 2.19. The SMILES string of the molecule is COCCOCCCNC(C(=O)O)C(C)C. The Kier molecular flexibility index (Phi) is 9.18. The smallest absolute Gasteiger partial charge is 0.320 e. The van der Waals surface area contributed by atoms with Gasteiger partial charge in [0.15, 0.2) is 0 Å². The first-order valence-electron chi connectivity index (χ1n) is 5.62. The summed E-state index contributed by atoms with van der Waals surface area (Å²) < 4.78 is 10.1. The fourth-order valence-electron chi connectivity index (χ4n) is 1.28. The summed E-state index contributed by atoms with van der Waals surface area (Å²) in [6.45, 7) is 6.24. The number of carboxylic acid groups (broad SMARTS) is 1. The highest BCUT2D eigenvalue weighted by Crippen LogP contribution is 2.01. The van der Waals surface area contributed by atoms with Crippen LogP contribution in [0.5, 0.6) is 0 Å². The molecule has 0 aliphatic rings. The van der Waals surface area contributed by atoms with Crippen molar-refractivity contribution in [1.82, 2.24) is 5.32 Å². The average molecular weight is 233 g/mol. The molecule has 0 saturated heterocycles. The van der Waals surface area contributed by atoms with Gasteiger partial charge in [-0.25, -0.2) is 0 Å². The predicted molar refractivity (Wildman–Crippen MR) is 61.6 cm³/mol. The molecule has 0 fully saturated rings. The van der Waals surface area contributed by atoms with E-state index in [4.69, 9.17) is 14.6 Å². The fourth-order valence-corrected chi connectivity index (χ4v) is 1.28. The van der Waals surface area contributed by atoms with E-state index in [1.165, 1.54) is 0 Å². The maximum Gasteiger partial charge on any atom is 0.320 e. The Bertz CT molecular complexity index is 185. The standard InChI is InChI=1S/C11H23NO4/c1-9(2)10(11(13)14)12-5-4-6-16-8-7-15-3/h9-10,12H,4-8H2,1-3H3,(H,13,14). The molecule has 0 rings (SSSR count). The van der Waals surface area contributed by atoms with Crippen molar-refractivity contribution in [3.63, 3.8) is 0 Å². The molecule has 1 atom stereocenters. The van der Waals surface area contributed by atoms with Crippen molar-refractivity contribution in [2.24, 2.45) is 5.92 Å². The molecule has 2 N–H and O–H groups in total. The van der Waals surface area contributed by atoms with Crippen LogP contribution in [0.25, 0.3) is 0 Å². The molecule has 0 spiro atoms. The number of rotatable bonds is 10. The number of nitrogens with one attached hydrogen (secondary N) is 1. The number of ether oxygens (including phenoxy) is 2. The third kappa shape index (κ3) is 7.62. The Balaban J connectivity index is 3.45. The van der Waals surface area contributed by atoms with Crippen molar-refractivity contribution < 1.29 is 19.4 Å². The van der Waals surface area contributed by atoms with Crippen LogP contribution >= 0.6 is 0 Å². The largest absolute Gasteiger partial charge is 0.480 e. The van der Waals surface area contributed by atoms with Crippen LogP contribution in [0.15, 0.2) is 0 Å². The quantitative estimate of drug-likeness (QED) is 0.545. The van der Waals surface area contributed by atoms with Gasteiger partial charge >= 0.3 is 5.97 Å². The topological polar surface area (TPSA) is 67.8 Å². The second kappa shape index (κ2) is 9.57. The molecule has 0 aliphatic heterocycles. The zero-order chi connectivity index (χ0) is 12.4. The molecule has 5 heteroatoms. The van der Waals surface area contributed by atoms with Crippen molar-refractivity contribution in [2.45, 2.75) is 26.3 Å². The van der Waals surface area contributed by atoms with Crippen LogP contribution in [0.3, 0.4) is 0 Å². The molecule has 0 aromatic rings. The first-order valence-corrected chi connectivity index (χ1v) is 5.62. The van der Waals surface area contributed by atoms with Crippen LogP contribution in [-0.2, 0) is 14.3 Å². The van der Waals surface area contributed by atoms with Gasteiger partial charge in [0, 0.05) is 13.7 Å². The number of methoxy groups -OCH3 is 1. The van der Waals surface area contributed by atoms with Crippen molar-refractivity contribution in [2.75, 3.05) is 33.5 Å². The van der Waals surface area contributed by atoms with Crippen LogP contribution in [0, 0.1) is 5.92 Å². The van der Waals surface area contributed by atoms with E-state index in [1.807, 2.05) is 13.8 Å². The Morgan fingerprint density at radius 1 is 1.31 bits per heavy atom. The second-order valence-electron chi connectivity index (χ2n) is 3.97. The van der Waals surface area contributed by atoms with Crippen LogP contribution < -0.4 is 5.32 Å². The molecule has 0 aromatic carbocycles. The van der Waals surface area contributed by atoms with Gasteiger partial charge in [-0.05, 0) is 18.9 Å². The van der Waals surface area contributed by atoms with Crippen LogP contribution in [0.1, 0.15) is 20.3 Å². The highest BCUT2D eigenvalue weighted by molar-refractivity contribution is 5.73. The minimum atomic E-state index is -0.796. The summed E-state index contributed by atoms with van der Waals surface area (Å²) in [7, 11) is 1.63. The zero-order valence-corrected chi connectivity index (χ0v) is 10.4. The fraction of sp³-hybridized carbons (Fsp3) is 0.909. The Morgan fingerprint density at radius 2 is 2.00 bits per heavy atom. The molecule has 1 unspecified atom stereocenters. The molecule has 0 radical (unpaired) electrons. The molecule has 0 aromatic heterocycles. The molecule has 0 heterocycles. The summed E-state index contributed by atoms with van der Waals surface area (Å²) in [6, 6.07) is -0.473. The minimum absolute atomic E-state index is 0.0897. The van der Waals surface area contributed by atoms with Crippen LogP contribution in [0.2, 0.25) is 0 Å². The van der Waals surface area contributed by atoms with E-state index in [2.05, 4.69) is 5.32 Å². The number of aliphatic carboxylic acids is 1. The van der Waals surface area contributed by atoms with E-state index >= 15 is 0 Å². The monoisotopic (exact) mass is 233 g/mol. The summed E-state index contributed by atoms with van der Waals surface area (Å²) in [4.78, 5) is 10.8. The second-order valence-corrected chi connectivity index (χ2v) is 3.97. The Morgan fingerprint density at radius 3 is 2.50 bits per heavy atom. The molecular formula is C11H23NO4. The highest BCUT2D eigenvalue weighted by Gasteiger charge is 2.19. The summed E-state index contributed by atoms with van der Waals surface area (Å²) in [5.41, 5.74) is 0. The molecule has 16 heavy (non-hydrogen) atoms. The lowest BCUT2D eigenvalue weighted by Crippen LogP contribution is -2.41. The molecule has 0 amide bonds. The van der Waals surface area contributed by atoms with Crippen LogP contribution in [0.4, 0.5) is 0 Å². The lowest BCUT2D eigenvalue weighted by atomic mass is 10.0. The van der Waals surface area contributed by atoms with Gasteiger partial charge in [-0.2, -0.15) is 0 Å².